The maximum atomic E-state index is 12.7. The summed E-state index contributed by atoms with van der Waals surface area (Å²) in [6.07, 6.45) is 1.44. The van der Waals surface area contributed by atoms with Gasteiger partial charge < -0.3 is 10.6 Å². The molecule has 8 heteroatoms. The molecule has 0 aliphatic carbocycles. The summed E-state index contributed by atoms with van der Waals surface area (Å²) in [4.78, 5) is 14.5. The van der Waals surface area contributed by atoms with E-state index in [-0.39, 0.29) is 35.5 Å². The first kappa shape index (κ1) is 20.0. The number of likely N-dealkylation sites (tertiary alicyclic amines) is 1. The minimum absolute atomic E-state index is 0. The molecule has 1 atom stereocenters. The van der Waals surface area contributed by atoms with Gasteiger partial charge in [-0.25, -0.2) is 8.42 Å². The van der Waals surface area contributed by atoms with E-state index in [1.807, 2.05) is 4.90 Å². The van der Waals surface area contributed by atoms with Gasteiger partial charge in [0.2, 0.25) is 10.0 Å². The third-order valence-corrected chi connectivity index (χ3v) is 6.97. The fraction of sp³-hybridized carbons (Fsp3) is 0.588. The first-order valence-corrected chi connectivity index (χ1v) is 9.97. The molecular weight excluding hydrogens is 362 g/mol. The van der Waals surface area contributed by atoms with Crippen molar-refractivity contribution in [1.29, 1.82) is 0 Å². The predicted octanol–water partition coefficient (Wildman–Crippen LogP) is 1.85. The first-order valence-electron chi connectivity index (χ1n) is 8.36. The molecule has 1 unspecified atom stereocenters. The molecule has 140 valence electrons. The number of rotatable bonds is 2. The maximum absolute atomic E-state index is 12.7. The standard InChI is InChI=1S/C17H25N3O3S.ClH/c1-17(2)12-19(10-8-15(17)18)16(21)13-4-6-14(7-5-13)20-9-3-11-24(20,22)23;/h4-7,15H,3,8-12,18H2,1-2H3;1H. The average Bonchev–Trinajstić information content (AvgIpc) is 2.89. The molecule has 1 aromatic carbocycles. The zero-order valence-corrected chi connectivity index (χ0v) is 16.3. The van der Waals surface area contributed by atoms with Gasteiger partial charge in [0.05, 0.1) is 11.4 Å². The molecule has 2 aliphatic heterocycles. The number of hydrogen-bond donors (Lipinski definition) is 1. The van der Waals surface area contributed by atoms with Crippen molar-refractivity contribution in [3.05, 3.63) is 29.8 Å². The molecule has 3 rings (SSSR count). The summed E-state index contributed by atoms with van der Waals surface area (Å²) in [5.74, 6) is 0.169. The normalized spacial score (nSPS) is 24.7. The Morgan fingerprint density at radius 2 is 1.84 bits per heavy atom. The number of amides is 1. The molecular formula is C17H26ClN3O3S. The maximum Gasteiger partial charge on any atom is 0.253 e. The quantitative estimate of drug-likeness (QED) is 0.839. The van der Waals surface area contributed by atoms with Gasteiger partial charge in [0.25, 0.3) is 5.91 Å². The number of carbonyl (C=O) groups excluding carboxylic acids is 1. The van der Waals surface area contributed by atoms with Crippen LogP contribution in [0.2, 0.25) is 0 Å². The van der Waals surface area contributed by atoms with Crippen molar-refractivity contribution in [3.8, 4) is 0 Å². The van der Waals surface area contributed by atoms with E-state index in [9.17, 15) is 13.2 Å². The molecule has 2 N–H and O–H groups in total. The zero-order chi connectivity index (χ0) is 17.5. The number of nitrogens with zero attached hydrogens (tertiary/aromatic N) is 2. The summed E-state index contributed by atoms with van der Waals surface area (Å²) in [5.41, 5.74) is 7.24. The van der Waals surface area contributed by atoms with Crippen molar-refractivity contribution in [2.75, 3.05) is 29.7 Å². The topological polar surface area (TPSA) is 83.7 Å². The van der Waals surface area contributed by atoms with E-state index in [4.69, 9.17) is 5.73 Å². The summed E-state index contributed by atoms with van der Waals surface area (Å²) in [6, 6.07) is 6.97. The summed E-state index contributed by atoms with van der Waals surface area (Å²) in [7, 11) is -3.19. The lowest BCUT2D eigenvalue weighted by molar-refractivity contribution is 0.0533. The number of halogens is 1. The fourth-order valence-corrected chi connectivity index (χ4v) is 4.99. The van der Waals surface area contributed by atoms with E-state index in [0.29, 0.717) is 37.3 Å². The first-order chi connectivity index (χ1) is 11.2. The van der Waals surface area contributed by atoms with Gasteiger partial charge in [0.1, 0.15) is 0 Å². The molecule has 0 saturated carbocycles. The highest BCUT2D eigenvalue weighted by Crippen LogP contribution is 2.29. The van der Waals surface area contributed by atoms with Crippen molar-refractivity contribution in [1.82, 2.24) is 4.90 Å². The lowest BCUT2D eigenvalue weighted by Crippen LogP contribution is -2.54. The molecule has 0 bridgehead atoms. The van der Waals surface area contributed by atoms with Crippen molar-refractivity contribution in [3.63, 3.8) is 0 Å². The van der Waals surface area contributed by atoms with Gasteiger partial charge in [0.15, 0.2) is 0 Å². The third kappa shape index (κ3) is 3.93. The average molecular weight is 388 g/mol. The minimum atomic E-state index is -3.19. The lowest BCUT2D eigenvalue weighted by atomic mass is 9.79. The van der Waals surface area contributed by atoms with Crippen LogP contribution < -0.4 is 10.0 Å². The number of sulfonamides is 1. The van der Waals surface area contributed by atoms with Crippen molar-refractivity contribution >= 4 is 34.0 Å². The summed E-state index contributed by atoms with van der Waals surface area (Å²) in [6.45, 7) is 5.96. The van der Waals surface area contributed by atoms with Gasteiger partial charge in [-0.05, 0) is 42.5 Å². The van der Waals surface area contributed by atoms with Crippen molar-refractivity contribution in [2.45, 2.75) is 32.7 Å². The van der Waals surface area contributed by atoms with Crippen LogP contribution in [0.4, 0.5) is 5.69 Å². The summed E-state index contributed by atoms with van der Waals surface area (Å²) >= 11 is 0. The number of benzene rings is 1. The van der Waals surface area contributed by atoms with Crippen LogP contribution in [-0.4, -0.2) is 50.7 Å². The molecule has 25 heavy (non-hydrogen) atoms. The van der Waals surface area contributed by atoms with Gasteiger partial charge in [-0.3, -0.25) is 9.10 Å². The van der Waals surface area contributed by atoms with E-state index < -0.39 is 10.0 Å². The van der Waals surface area contributed by atoms with E-state index >= 15 is 0 Å². The molecule has 2 aliphatic rings. The molecule has 2 heterocycles. The van der Waals surface area contributed by atoms with Gasteiger partial charge >= 0.3 is 0 Å². The Morgan fingerprint density at radius 3 is 2.36 bits per heavy atom. The van der Waals surface area contributed by atoms with Gasteiger partial charge in [0, 0.05) is 31.2 Å². The largest absolute Gasteiger partial charge is 0.338 e. The van der Waals surface area contributed by atoms with Crippen molar-refractivity contribution in [2.24, 2.45) is 11.1 Å². The van der Waals surface area contributed by atoms with E-state index in [0.717, 1.165) is 6.42 Å². The Kier molecular flexibility index (Phi) is 5.71. The zero-order valence-electron chi connectivity index (χ0n) is 14.6. The Balaban J connectivity index is 0.00000225. The van der Waals surface area contributed by atoms with E-state index in [2.05, 4.69) is 13.8 Å². The Labute approximate surface area is 155 Å². The van der Waals surface area contributed by atoms with Crippen LogP contribution in [0, 0.1) is 5.41 Å². The molecule has 1 amide bonds. The Bertz CT molecular complexity index is 734. The molecule has 0 radical (unpaired) electrons. The van der Waals surface area contributed by atoms with Gasteiger partial charge in [-0.2, -0.15) is 0 Å². The fourth-order valence-electron chi connectivity index (χ4n) is 3.43. The highest BCUT2D eigenvalue weighted by molar-refractivity contribution is 7.93. The molecule has 2 saturated heterocycles. The number of hydrogen-bond acceptors (Lipinski definition) is 4. The second kappa shape index (κ2) is 7.13. The number of carbonyl (C=O) groups is 1. The van der Waals surface area contributed by atoms with E-state index in [1.54, 1.807) is 24.3 Å². The highest BCUT2D eigenvalue weighted by Gasteiger charge is 2.35. The second-order valence-corrected chi connectivity index (χ2v) is 9.41. The SMILES string of the molecule is CC1(C)CN(C(=O)c2ccc(N3CCCS3(=O)=O)cc2)CCC1N.Cl. The lowest BCUT2D eigenvalue weighted by Gasteiger charge is -2.42. The number of piperidine rings is 1. The van der Waals surface area contributed by atoms with Gasteiger partial charge in [-0.1, -0.05) is 13.8 Å². The molecule has 0 aromatic heterocycles. The summed E-state index contributed by atoms with van der Waals surface area (Å²) < 4.78 is 25.4. The van der Waals surface area contributed by atoms with Crippen LogP contribution in [-0.2, 0) is 10.0 Å². The summed E-state index contributed by atoms with van der Waals surface area (Å²) in [5, 5.41) is 0. The molecule has 6 nitrogen and oxygen atoms in total. The monoisotopic (exact) mass is 387 g/mol. The second-order valence-electron chi connectivity index (χ2n) is 7.40. The molecule has 1 aromatic rings. The Morgan fingerprint density at radius 1 is 1.20 bits per heavy atom. The van der Waals surface area contributed by atoms with Gasteiger partial charge in [-0.15, -0.1) is 12.4 Å². The predicted molar refractivity (Wildman–Crippen MR) is 102 cm³/mol. The third-order valence-electron chi connectivity index (χ3n) is 5.10. The van der Waals surface area contributed by atoms with Crippen LogP contribution in [0.5, 0.6) is 0 Å². The van der Waals surface area contributed by atoms with Crippen LogP contribution in [0.15, 0.2) is 24.3 Å². The highest BCUT2D eigenvalue weighted by atomic mass is 35.5. The van der Waals surface area contributed by atoms with Crippen LogP contribution in [0.1, 0.15) is 37.0 Å². The molecule has 0 spiro atoms. The number of nitrogens with two attached hydrogens (primary N) is 1. The number of anilines is 1. The Hall–Kier alpha value is -1.31. The van der Waals surface area contributed by atoms with Crippen LogP contribution >= 0.6 is 12.4 Å². The van der Waals surface area contributed by atoms with Crippen LogP contribution in [0.3, 0.4) is 0 Å². The van der Waals surface area contributed by atoms with Crippen LogP contribution in [0.25, 0.3) is 0 Å². The van der Waals surface area contributed by atoms with E-state index in [1.165, 1.54) is 4.31 Å². The smallest absolute Gasteiger partial charge is 0.253 e. The minimum Gasteiger partial charge on any atom is -0.338 e. The van der Waals surface area contributed by atoms with Crippen molar-refractivity contribution < 1.29 is 13.2 Å². The molecule has 2 fully saturated rings.